The smallest absolute Gasteiger partial charge is 0.156 e. The van der Waals surface area contributed by atoms with Gasteiger partial charge < -0.3 is 15.5 Å². The highest BCUT2D eigenvalue weighted by Crippen LogP contribution is 2.35. The van der Waals surface area contributed by atoms with E-state index in [2.05, 4.69) is 33.9 Å². The number of nitrogens with two attached hydrogens (primary N) is 1. The van der Waals surface area contributed by atoms with Crippen LogP contribution in [0.3, 0.4) is 0 Å². The molecule has 2 heterocycles. The maximum atomic E-state index is 6.37. The summed E-state index contributed by atoms with van der Waals surface area (Å²) in [5, 5.41) is 1.50. The second-order valence-electron chi connectivity index (χ2n) is 6.12. The van der Waals surface area contributed by atoms with Gasteiger partial charge in [-0.2, -0.15) is 0 Å². The minimum atomic E-state index is 0.465. The van der Waals surface area contributed by atoms with Crippen LogP contribution in [-0.4, -0.2) is 48.1 Å². The van der Waals surface area contributed by atoms with Crippen molar-refractivity contribution in [2.24, 2.45) is 0 Å². The topological polar surface area (TPSA) is 58.3 Å². The highest BCUT2D eigenvalue weighted by atomic mass is 35.5. The normalized spacial score (nSPS) is 16.3. The first kappa shape index (κ1) is 17.3. The van der Waals surface area contributed by atoms with Crippen LogP contribution in [0.5, 0.6) is 0 Å². The fourth-order valence-corrected chi connectivity index (χ4v) is 3.83. The van der Waals surface area contributed by atoms with Crippen molar-refractivity contribution in [1.29, 1.82) is 0 Å². The third-order valence-electron chi connectivity index (χ3n) is 4.42. The number of piperidine rings is 1. The van der Waals surface area contributed by atoms with Crippen molar-refractivity contribution in [1.82, 2.24) is 14.9 Å². The van der Waals surface area contributed by atoms with Crippen molar-refractivity contribution >= 4 is 34.9 Å². The molecule has 2 N–H and O–H groups in total. The van der Waals surface area contributed by atoms with Crippen LogP contribution < -0.4 is 10.6 Å². The predicted molar refractivity (Wildman–Crippen MR) is 101 cm³/mol. The van der Waals surface area contributed by atoms with E-state index in [1.807, 2.05) is 24.3 Å². The van der Waals surface area contributed by atoms with Crippen molar-refractivity contribution in [3.63, 3.8) is 0 Å². The molecule has 0 atom stereocenters. The Bertz CT molecular complexity index is 686. The minimum absolute atomic E-state index is 0.465. The molecule has 3 rings (SSSR count). The fourth-order valence-electron chi connectivity index (χ4n) is 2.90. The summed E-state index contributed by atoms with van der Waals surface area (Å²) >= 11 is 7.47. The molecule has 7 heteroatoms. The van der Waals surface area contributed by atoms with Crippen molar-refractivity contribution in [2.45, 2.75) is 28.8 Å². The number of nitrogen functional groups attached to an aromatic ring is 1. The molecular formula is C17H22ClN5S. The quantitative estimate of drug-likeness (QED) is 0.840. The van der Waals surface area contributed by atoms with E-state index in [1.54, 1.807) is 6.33 Å². The van der Waals surface area contributed by atoms with E-state index in [0.29, 0.717) is 11.7 Å². The number of benzene rings is 1. The lowest BCUT2D eigenvalue weighted by Gasteiger charge is -2.36. The molecule has 0 aliphatic carbocycles. The summed E-state index contributed by atoms with van der Waals surface area (Å²) < 4.78 is 0. The van der Waals surface area contributed by atoms with Gasteiger partial charge in [0, 0.05) is 23.0 Å². The van der Waals surface area contributed by atoms with Gasteiger partial charge >= 0.3 is 0 Å². The van der Waals surface area contributed by atoms with Gasteiger partial charge in [0.2, 0.25) is 0 Å². The summed E-state index contributed by atoms with van der Waals surface area (Å²) in [6, 6.07) is 8.13. The average molecular weight is 364 g/mol. The number of aromatic nitrogens is 2. The van der Waals surface area contributed by atoms with Gasteiger partial charge in [-0.3, -0.25) is 0 Å². The number of likely N-dealkylation sites (tertiary alicyclic amines) is 1. The zero-order valence-corrected chi connectivity index (χ0v) is 15.5. The third kappa shape index (κ3) is 3.94. The molecule has 0 saturated carbocycles. The van der Waals surface area contributed by atoms with E-state index >= 15 is 0 Å². The van der Waals surface area contributed by atoms with E-state index in [9.17, 15) is 0 Å². The molecule has 0 spiro atoms. The fraction of sp³-hybridized carbons (Fsp3) is 0.412. The Morgan fingerprint density at radius 3 is 2.54 bits per heavy atom. The van der Waals surface area contributed by atoms with Gasteiger partial charge in [-0.25, -0.2) is 9.97 Å². The Kier molecular flexibility index (Phi) is 5.48. The van der Waals surface area contributed by atoms with E-state index in [1.165, 1.54) is 11.8 Å². The molecule has 0 bridgehead atoms. The Morgan fingerprint density at radius 1 is 1.21 bits per heavy atom. The number of nitrogens with zero attached hydrogens (tertiary/aromatic N) is 4. The van der Waals surface area contributed by atoms with Crippen LogP contribution in [0.2, 0.25) is 5.02 Å². The van der Waals surface area contributed by atoms with Crippen LogP contribution in [0, 0.1) is 0 Å². The van der Waals surface area contributed by atoms with Gasteiger partial charge in [0.1, 0.15) is 17.0 Å². The van der Waals surface area contributed by atoms with Gasteiger partial charge in [-0.05, 0) is 57.2 Å². The van der Waals surface area contributed by atoms with Crippen molar-refractivity contribution < 1.29 is 0 Å². The standard InChI is InChI=1S/C17H22ClN5S/c1-22-9-7-13(8-10-22)23(2)16-15(19)17(21-11-20-16)24-14-5-3-12(18)4-6-14/h3-6,11,13H,7-10,19H2,1-2H3. The molecule has 5 nitrogen and oxygen atoms in total. The first-order chi connectivity index (χ1) is 11.5. The maximum Gasteiger partial charge on any atom is 0.156 e. The molecule has 1 aromatic carbocycles. The summed E-state index contributed by atoms with van der Waals surface area (Å²) in [7, 11) is 4.24. The van der Waals surface area contributed by atoms with Crippen molar-refractivity contribution in [2.75, 3.05) is 37.8 Å². The predicted octanol–water partition coefficient (Wildman–Crippen LogP) is 3.39. The van der Waals surface area contributed by atoms with Crippen LogP contribution in [-0.2, 0) is 0 Å². The summed E-state index contributed by atoms with van der Waals surface area (Å²) in [6.45, 7) is 2.21. The van der Waals surface area contributed by atoms with Crippen LogP contribution in [0.25, 0.3) is 0 Å². The Labute approximate surface area is 152 Å². The zero-order valence-electron chi connectivity index (χ0n) is 13.9. The Morgan fingerprint density at radius 2 is 1.88 bits per heavy atom. The second kappa shape index (κ2) is 7.59. The van der Waals surface area contributed by atoms with Crippen LogP contribution in [0.15, 0.2) is 40.5 Å². The molecule has 24 heavy (non-hydrogen) atoms. The lowest BCUT2D eigenvalue weighted by molar-refractivity contribution is 0.252. The molecule has 1 aliphatic heterocycles. The van der Waals surface area contributed by atoms with E-state index < -0.39 is 0 Å². The molecule has 1 aliphatic rings. The van der Waals surface area contributed by atoms with Crippen molar-refractivity contribution in [3.05, 3.63) is 35.6 Å². The minimum Gasteiger partial charge on any atom is -0.394 e. The van der Waals surface area contributed by atoms with Gasteiger partial charge in [0.05, 0.1) is 0 Å². The van der Waals surface area contributed by atoms with Gasteiger partial charge in [0.15, 0.2) is 5.82 Å². The number of rotatable bonds is 4. The Hall–Kier alpha value is -1.50. The van der Waals surface area contributed by atoms with Crippen LogP contribution in [0.1, 0.15) is 12.8 Å². The number of hydrogen-bond acceptors (Lipinski definition) is 6. The molecule has 2 aromatic rings. The molecule has 1 saturated heterocycles. The molecule has 0 unspecified atom stereocenters. The first-order valence-corrected chi connectivity index (χ1v) is 9.19. The monoisotopic (exact) mass is 363 g/mol. The molecule has 128 valence electrons. The molecule has 1 aromatic heterocycles. The SMILES string of the molecule is CN1CCC(N(C)c2ncnc(Sc3ccc(Cl)cc3)c2N)CC1. The summed E-state index contributed by atoms with van der Waals surface area (Å²) in [5.74, 6) is 0.816. The molecule has 1 fully saturated rings. The second-order valence-corrected chi connectivity index (χ2v) is 7.62. The lowest BCUT2D eigenvalue weighted by atomic mass is 10.0. The Balaban J connectivity index is 1.78. The first-order valence-electron chi connectivity index (χ1n) is 8.00. The average Bonchev–Trinajstić information content (AvgIpc) is 2.59. The molecule has 0 amide bonds. The summed E-state index contributed by atoms with van der Waals surface area (Å²) in [5.41, 5.74) is 7.01. The van der Waals surface area contributed by atoms with Crippen LogP contribution >= 0.6 is 23.4 Å². The summed E-state index contributed by atoms with van der Waals surface area (Å²) in [4.78, 5) is 14.4. The number of anilines is 2. The summed E-state index contributed by atoms with van der Waals surface area (Å²) in [6.07, 6.45) is 3.83. The van der Waals surface area contributed by atoms with E-state index in [4.69, 9.17) is 17.3 Å². The van der Waals surface area contributed by atoms with Gasteiger partial charge in [-0.1, -0.05) is 23.4 Å². The van der Waals surface area contributed by atoms with Gasteiger partial charge in [-0.15, -0.1) is 0 Å². The zero-order chi connectivity index (χ0) is 17.1. The maximum absolute atomic E-state index is 6.37. The van der Waals surface area contributed by atoms with E-state index in [0.717, 1.165) is 46.7 Å². The van der Waals surface area contributed by atoms with Crippen molar-refractivity contribution in [3.8, 4) is 0 Å². The van der Waals surface area contributed by atoms with Gasteiger partial charge in [0.25, 0.3) is 0 Å². The highest BCUT2D eigenvalue weighted by Gasteiger charge is 2.24. The molecular weight excluding hydrogens is 342 g/mol. The van der Waals surface area contributed by atoms with Crippen LogP contribution in [0.4, 0.5) is 11.5 Å². The molecule has 0 radical (unpaired) electrons. The number of halogens is 1. The largest absolute Gasteiger partial charge is 0.394 e. The van der Waals surface area contributed by atoms with E-state index in [-0.39, 0.29) is 0 Å². The number of hydrogen-bond donors (Lipinski definition) is 1. The lowest BCUT2D eigenvalue weighted by Crippen LogP contribution is -2.42. The third-order valence-corrected chi connectivity index (χ3v) is 5.70. The highest BCUT2D eigenvalue weighted by molar-refractivity contribution is 7.99.